The zero-order valence-electron chi connectivity index (χ0n) is 6.64. The number of nitrogens with one attached hydrogen (secondary N) is 1. The van der Waals surface area contributed by atoms with Crippen LogP contribution in [0.2, 0.25) is 0 Å². The average Bonchev–Trinajstić information content (AvgIpc) is 2.53. The average molecular weight is 161 g/mol. The van der Waals surface area contributed by atoms with Gasteiger partial charge in [-0.05, 0) is 18.2 Å². The smallest absolute Gasteiger partial charge is 0.118 e. The van der Waals surface area contributed by atoms with Crippen molar-refractivity contribution in [2.75, 3.05) is 5.01 Å². The Labute approximate surface area is 71.5 Å². The second-order valence-corrected chi connectivity index (χ2v) is 2.68. The molecule has 0 amide bonds. The minimum Gasteiger partial charge on any atom is -0.306 e. The van der Waals surface area contributed by atoms with Crippen molar-refractivity contribution in [3.8, 4) is 0 Å². The van der Waals surface area contributed by atoms with Crippen LogP contribution in [-0.4, -0.2) is 6.17 Å². The fourth-order valence-corrected chi connectivity index (χ4v) is 1.23. The van der Waals surface area contributed by atoms with Gasteiger partial charge in [0.05, 0.1) is 5.69 Å². The van der Waals surface area contributed by atoms with Crippen LogP contribution in [0.5, 0.6) is 0 Å². The van der Waals surface area contributed by atoms with Crippen LogP contribution < -0.4 is 16.2 Å². The van der Waals surface area contributed by atoms with Gasteiger partial charge in [-0.1, -0.05) is 18.2 Å². The van der Waals surface area contributed by atoms with E-state index in [1.165, 1.54) is 0 Å². The third-order valence-electron chi connectivity index (χ3n) is 1.84. The molecular weight excluding hydrogens is 150 g/mol. The molecule has 0 saturated heterocycles. The molecule has 0 aromatic heterocycles. The highest BCUT2D eigenvalue weighted by Crippen LogP contribution is 2.14. The number of hydrogen-bond acceptors (Lipinski definition) is 3. The van der Waals surface area contributed by atoms with Gasteiger partial charge >= 0.3 is 0 Å². The van der Waals surface area contributed by atoms with Crippen molar-refractivity contribution < 1.29 is 0 Å². The van der Waals surface area contributed by atoms with Gasteiger partial charge in [0.25, 0.3) is 0 Å². The van der Waals surface area contributed by atoms with E-state index < -0.39 is 0 Å². The Morgan fingerprint density at radius 1 is 1.25 bits per heavy atom. The summed E-state index contributed by atoms with van der Waals surface area (Å²) < 4.78 is 0. The lowest BCUT2D eigenvalue weighted by atomic mass is 10.3. The number of benzene rings is 1. The van der Waals surface area contributed by atoms with Gasteiger partial charge in [-0.25, -0.2) is 0 Å². The fourth-order valence-electron chi connectivity index (χ4n) is 1.23. The van der Waals surface area contributed by atoms with E-state index in [1.807, 2.05) is 47.6 Å². The molecule has 12 heavy (non-hydrogen) atoms. The lowest BCUT2D eigenvalue weighted by molar-refractivity contribution is 0.706. The maximum atomic E-state index is 5.79. The fraction of sp³-hybridized carbons (Fsp3) is 0.111. The Balaban J connectivity index is 2.22. The summed E-state index contributed by atoms with van der Waals surface area (Å²) in [7, 11) is 0. The monoisotopic (exact) mass is 161 g/mol. The van der Waals surface area contributed by atoms with Crippen LogP contribution in [0.1, 0.15) is 0 Å². The first-order valence-corrected chi connectivity index (χ1v) is 3.90. The Morgan fingerprint density at radius 2 is 2.00 bits per heavy atom. The highest BCUT2D eigenvalue weighted by Gasteiger charge is 2.14. The van der Waals surface area contributed by atoms with Gasteiger partial charge in [0.1, 0.15) is 6.17 Å². The lowest BCUT2D eigenvalue weighted by Gasteiger charge is -2.23. The van der Waals surface area contributed by atoms with Crippen LogP contribution in [0.25, 0.3) is 0 Å². The van der Waals surface area contributed by atoms with Crippen molar-refractivity contribution >= 4 is 5.69 Å². The Kier molecular flexibility index (Phi) is 1.72. The summed E-state index contributed by atoms with van der Waals surface area (Å²) in [5, 5.41) is 1.90. The molecule has 3 heteroatoms. The van der Waals surface area contributed by atoms with Crippen LogP contribution in [0.15, 0.2) is 42.6 Å². The van der Waals surface area contributed by atoms with Crippen molar-refractivity contribution in [1.82, 2.24) is 5.43 Å². The molecule has 1 aromatic rings. The summed E-state index contributed by atoms with van der Waals surface area (Å²) in [5.41, 5.74) is 9.92. The molecule has 1 aliphatic heterocycles. The normalized spacial score (nSPS) is 21.1. The molecular formula is C9H11N3. The van der Waals surface area contributed by atoms with Crippen molar-refractivity contribution in [2.24, 2.45) is 5.73 Å². The third-order valence-corrected chi connectivity index (χ3v) is 1.84. The molecule has 1 atom stereocenters. The molecule has 1 heterocycles. The lowest BCUT2D eigenvalue weighted by Crippen LogP contribution is -2.42. The summed E-state index contributed by atoms with van der Waals surface area (Å²) in [4.78, 5) is 0. The first-order valence-electron chi connectivity index (χ1n) is 3.90. The van der Waals surface area contributed by atoms with Gasteiger partial charge in [-0.3, -0.25) is 5.01 Å². The van der Waals surface area contributed by atoms with Crippen LogP contribution in [0.4, 0.5) is 5.69 Å². The molecule has 62 valence electrons. The molecule has 1 aromatic carbocycles. The van der Waals surface area contributed by atoms with Crippen LogP contribution >= 0.6 is 0 Å². The van der Waals surface area contributed by atoms with Gasteiger partial charge in [-0.2, -0.15) is 0 Å². The molecule has 0 saturated carbocycles. The van der Waals surface area contributed by atoms with Crippen LogP contribution in [-0.2, 0) is 0 Å². The second-order valence-electron chi connectivity index (χ2n) is 2.68. The van der Waals surface area contributed by atoms with Crippen molar-refractivity contribution in [3.05, 3.63) is 42.6 Å². The summed E-state index contributed by atoms with van der Waals surface area (Å²) in [6, 6.07) is 9.99. The van der Waals surface area contributed by atoms with Gasteiger partial charge < -0.3 is 11.2 Å². The number of hydrogen-bond donors (Lipinski definition) is 2. The van der Waals surface area contributed by atoms with Crippen LogP contribution in [0.3, 0.4) is 0 Å². The minimum absolute atomic E-state index is 0.0626. The van der Waals surface area contributed by atoms with E-state index >= 15 is 0 Å². The number of para-hydroxylation sites is 1. The Morgan fingerprint density at radius 3 is 2.58 bits per heavy atom. The predicted molar refractivity (Wildman–Crippen MR) is 49.2 cm³/mol. The third kappa shape index (κ3) is 1.14. The maximum Gasteiger partial charge on any atom is 0.118 e. The number of anilines is 1. The zero-order chi connectivity index (χ0) is 8.39. The topological polar surface area (TPSA) is 41.3 Å². The standard InChI is InChI=1S/C9H11N3/c10-9-6-7-11-12(9)8-4-2-1-3-5-8/h1-7,9,11H,10H2. The number of rotatable bonds is 1. The summed E-state index contributed by atoms with van der Waals surface area (Å²) in [6.07, 6.45) is 3.69. The first-order chi connectivity index (χ1) is 5.88. The molecule has 0 bridgehead atoms. The van der Waals surface area contributed by atoms with E-state index in [2.05, 4.69) is 5.43 Å². The van der Waals surface area contributed by atoms with E-state index in [9.17, 15) is 0 Å². The summed E-state index contributed by atoms with van der Waals surface area (Å²) in [6.45, 7) is 0. The van der Waals surface area contributed by atoms with Crippen LogP contribution in [0, 0.1) is 0 Å². The maximum absolute atomic E-state index is 5.79. The molecule has 2 rings (SSSR count). The van der Waals surface area contributed by atoms with E-state index in [0.29, 0.717) is 0 Å². The summed E-state index contributed by atoms with van der Waals surface area (Å²) in [5.74, 6) is 0. The molecule has 0 aliphatic carbocycles. The van der Waals surface area contributed by atoms with Gasteiger partial charge in [0, 0.05) is 6.20 Å². The molecule has 1 unspecified atom stereocenters. The van der Waals surface area contributed by atoms with Gasteiger partial charge in [0.2, 0.25) is 0 Å². The highest BCUT2D eigenvalue weighted by atomic mass is 15.6. The van der Waals surface area contributed by atoms with Crippen molar-refractivity contribution in [2.45, 2.75) is 6.17 Å². The minimum atomic E-state index is -0.0626. The van der Waals surface area contributed by atoms with Gasteiger partial charge in [0.15, 0.2) is 0 Å². The Hall–Kier alpha value is -1.48. The highest BCUT2D eigenvalue weighted by molar-refractivity contribution is 5.48. The first kappa shape index (κ1) is 7.18. The second kappa shape index (κ2) is 2.87. The van der Waals surface area contributed by atoms with E-state index in [4.69, 9.17) is 5.73 Å². The number of nitrogens with two attached hydrogens (primary N) is 1. The quantitative estimate of drug-likeness (QED) is 0.640. The molecule has 3 N–H and O–H groups in total. The Bertz CT molecular complexity index is 281. The van der Waals surface area contributed by atoms with E-state index in [0.717, 1.165) is 5.69 Å². The van der Waals surface area contributed by atoms with Gasteiger partial charge in [-0.15, -0.1) is 0 Å². The number of hydrazine groups is 1. The molecule has 0 spiro atoms. The van der Waals surface area contributed by atoms with E-state index in [1.54, 1.807) is 0 Å². The number of nitrogens with zero attached hydrogens (tertiary/aromatic N) is 1. The van der Waals surface area contributed by atoms with E-state index in [-0.39, 0.29) is 6.17 Å². The largest absolute Gasteiger partial charge is 0.306 e. The van der Waals surface area contributed by atoms with Crippen molar-refractivity contribution in [3.63, 3.8) is 0 Å². The summed E-state index contributed by atoms with van der Waals surface area (Å²) >= 11 is 0. The molecule has 0 fully saturated rings. The molecule has 3 nitrogen and oxygen atoms in total. The van der Waals surface area contributed by atoms with Crippen molar-refractivity contribution in [1.29, 1.82) is 0 Å². The predicted octanol–water partition coefficient (Wildman–Crippen LogP) is 0.810. The molecule has 0 radical (unpaired) electrons. The SMILES string of the molecule is NC1C=CNN1c1ccccc1. The molecule has 1 aliphatic rings. The zero-order valence-corrected chi connectivity index (χ0v) is 6.64.